The molecule has 0 fully saturated rings. The largest absolute Gasteiger partial charge is 0.496 e. The number of ether oxygens (including phenoxy) is 1. The van der Waals surface area contributed by atoms with Crippen LogP contribution in [0.1, 0.15) is 32.3 Å². The van der Waals surface area contributed by atoms with Crippen molar-refractivity contribution in [1.29, 1.82) is 0 Å². The van der Waals surface area contributed by atoms with E-state index in [1.807, 2.05) is 0 Å². The van der Waals surface area contributed by atoms with Crippen LogP contribution in [0.4, 0.5) is 17.6 Å². The summed E-state index contributed by atoms with van der Waals surface area (Å²) < 4.78 is 57.9. The SMILES string of the molecule is COc1ccc(F)cc1C(C)(C)C[C@@](O)(CC(=O)O)C(F)(F)F. The number of carboxylic acids is 1. The van der Waals surface area contributed by atoms with Gasteiger partial charge in [0.1, 0.15) is 11.6 Å². The molecular weight excluding hydrogens is 320 g/mol. The third-order valence-corrected chi connectivity index (χ3v) is 3.60. The molecule has 0 saturated heterocycles. The van der Waals surface area contributed by atoms with E-state index in [4.69, 9.17) is 9.84 Å². The van der Waals surface area contributed by atoms with Crippen LogP contribution >= 0.6 is 0 Å². The van der Waals surface area contributed by atoms with Crippen LogP contribution in [0.3, 0.4) is 0 Å². The molecule has 4 nitrogen and oxygen atoms in total. The summed E-state index contributed by atoms with van der Waals surface area (Å²) in [6.45, 7) is 2.70. The quantitative estimate of drug-likeness (QED) is 0.781. The molecule has 1 aromatic rings. The van der Waals surface area contributed by atoms with Crippen LogP contribution in [0.25, 0.3) is 0 Å². The Balaban J connectivity index is 3.31. The Morgan fingerprint density at radius 2 is 1.83 bits per heavy atom. The van der Waals surface area contributed by atoms with E-state index >= 15 is 0 Å². The van der Waals surface area contributed by atoms with Crippen molar-refractivity contribution < 1.29 is 37.3 Å². The molecule has 0 bridgehead atoms. The van der Waals surface area contributed by atoms with Gasteiger partial charge in [-0.3, -0.25) is 4.79 Å². The van der Waals surface area contributed by atoms with Crippen molar-refractivity contribution in [1.82, 2.24) is 0 Å². The number of carboxylic acid groups (broad SMARTS) is 1. The summed E-state index contributed by atoms with van der Waals surface area (Å²) in [5, 5.41) is 18.6. The molecular formula is C15H18F4O4. The molecule has 1 atom stereocenters. The molecule has 0 aliphatic carbocycles. The van der Waals surface area contributed by atoms with Gasteiger partial charge < -0.3 is 14.9 Å². The Morgan fingerprint density at radius 3 is 2.26 bits per heavy atom. The van der Waals surface area contributed by atoms with Crippen molar-refractivity contribution in [3.05, 3.63) is 29.6 Å². The highest BCUT2D eigenvalue weighted by molar-refractivity contribution is 5.68. The number of aliphatic hydroxyl groups is 1. The van der Waals surface area contributed by atoms with Gasteiger partial charge in [0.2, 0.25) is 0 Å². The zero-order valence-electron chi connectivity index (χ0n) is 12.9. The smallest absolute Gasteiger partial charge is 0.417 e. The van der Waals surface area contributed by atoms with Crippen molar-refractivity contribution >= 4 is 5.97 Å². The summed E-state index contributed by atoms with van der Waals surface area (Å²) in [4.78, 5) is 10.7. The van der Waals surface area contributed by atoms with Gasteiger partial charge >= 0.3 is 12.1 Å². The number of hydrogen-bond donors (Lipinski definition) is 2. The number of rotatable bonds is 6. The molecule has 0 aliphatic rings. The summed E-state index contributed by atoms with van der Waals surface area (Å²) in [7, 11) is 1.28. The van der Waals surface area contributed by atoms with Crippen molar-refractivity contribution in [2.24, 2.45) is 0 Å². The number of aliphatic carboxylic acids is 1. The van der Waals surface area contributed by atoms with E-state index in [0.29, 0.717) is 0 Å². The van der Waals surface area contributed by atoms with E-state index in [2.05, 4.69) is 0 Å². The molecule has 23 heavy (non-hydrogen) atoms. The summed E-state index contributed by atoms with van der Waals surface area (Å²) in [6, 6.07) is 3.36. The minimum Gasteiger partial charge on any atom is -0.496 e. The normalized spacial score (nSPS) is 15.1. The predicted molar refractivity (Wildman–Crippen MR) is 73.9 cm³/mol. The second-order valence-electron chi connectivity index (χ2n) is 6.01. The van der Waals surface area contributed by atoms with E-state index in [9.17, 15) is 27.5 Å². The molecule has 0 spiro atoms. The van der Waals surface area contributed by atoms with Gasteiger partial charge in [0.05, 0.1) is 13.5 Å². The van der Waals surface area contributed by atoms with Gasteiger partial charge in [-0.2, -0.15) is 13.2 Å². The van der Waals surface area contributed by atoms with Crippen LogP contribution in [-0.4, -0.2) is 35.1 Å². The summed E-state index contributed by atoms with van der Waals surface area (Å²) in [6.07, 6.45) is -7.61. The first-order chi connectivity index (χ1) is 10.3. The Labute approximate surface area is 130 Å². The summed E-state index contributed by atoms with van der Waals surface area (Å²) >= 11 is 0. The van der Waals surface area contributed by atoms with Gasteiger partial charge in [0, 0.05) is 5.56 Å². The third-order valence-electron chi connectivity index (χ3n) is 3.60. The van der Waals surface area contributed by atoms with Gasteiger partial charge in [-0.25, -0.2) is 4.39 Å². The molecule has 0 aliphatic heterocycles. The first-order valence-electron chi connectivity index (χ1n) is 6.67. The molecule has 0 aromatic heterocycles. The topological polar surface area (TPSA) is 66.8 Å². The van der Waals surface area contributed by atoms with Gasteiger partial charge in [-0.05, 0) is 30.0 Å². The van der Waals surface area contributed by atoms with Crippen LogP contribution in [-0.2, 0) is 10.2 Å². The zero-order chi connectivity index (χ0) is 18.1. The number of hydrogen-bond acceptors (Lipinski definition) is 3. The van der Waals surface area contributed by atoms with Crippen LogP contribution in [0.15, 0.2) is 18.2 Å². The molecule has 0 unspecified atom stereocenters. The zero-order valence-corrected chi connectivity index (χ0v) is 12.9. The van der Waals surface area contributed by atoms with E-state index in [1.165, 1.54) is 27.0 Å². The fraction of sp³-hybridized carbons (Fsp3) is 0.533. The minimum atomic E-state index is -5.15. The minimum absolute atomic E-state index is 0.105. The second-order valence-corrected chi connectivity index (χ2v) is 6.01. The molecule has 0 saturated carbocycles. The summed E-state index contributed by atoms with van der Waals surface area (Å²) in [5.74, 6) is -2.31. The lowest BCUT2D eigenvalue weighted by molar-refractivity contribution is -0.269. The highest BCUT2D eigenvalue weighted by atomic mass is 19.4. The predicted octanol–water partition coefficient (Wildman–Crippen LogP) is 3.27. The monoisotopic (exact) mass is 338 g/mol. The lowest BCUT2D eigenvalue weighted by Crippen LogP contribution is -2.50. The lowest BCUT2D eigenvalue weighted by Gasteiger charge is -2.37. The highest BCUT2D eigenvalue weighted by Gasteiger charge is 2.57. The second kappa shape index (κ2) is 6.35. The van der Waals surface area contributed by atoms with E-state index in [1.54, 1.807) is 0 Å². The highest BCUT2D eigenvalue weighted by Crippen LogP contribution is 2.45. The number of alkyl halides is 3. The molecule has 1 aromatic carbocycles. The number of methoxy groups -OCH3 is 1. The first-order valence-corrected chi connectivity index (χ1v) is 6.67. The van der Waals surface area contributed by atoms with Crippen molar-refractivity contribution in [2.45, 2.75) is 43.9 Å². The summed E-state index contributed by atoms with van der Waals surface area (Å²) in [5.41, 5.74) is -4.74. The van der Waals surface area contributed by atoms with E-state index in [-0.39, 0.29) is 11.3 Å². The third kappa shape index (κ3) is 4.34. The first kappa shape index (κ1) is 19.2. The van der Waals surface area contributed by atoms with Crippen molar-refractivity contribution in [3.63, 3.8) is 0 Å². The Kier molecular flexibility index (Phi) is 5.30. The maximum atomic E-state index is 13.5. The molecule has 130 valence electrons. The van der Waals surface area contributed by atoms with Gasteiger partial charge in [0.25, 0.3) is 0 Å². The van der Waals surface area contributed by atoms with E-state index in [0.717, 1.165) is 12.1 Å². The molecule has 1 rings (SSSR count). The standard InChI is InChI=1S/C15H18F4O4/c1-13(2,10-6-9(16)4-5-11(10)23-3)8-14(22,7-12(20)21)15(17,18)19/h4-6,22H,7-8H2,1-3H3,(H,20,21)/t14-/m0/s1. The average molecular weight is 338 g/mol. The van der Waals surface area contributed by atoms with Gasteiger partial charge in [-0.15, -0.1) is 0 Å². The van der Waals surface area contributed by atoms with E-state index < -0.39 is 41.8 Å². The molecule has 0 amide bonds. The molecule has 2 N–H and O–H groups in total. The van der Waals surface area contributed by atoms with Crippen molar-refractivity contribution in [2.75, 3.05) is 7.11 Å². The van der Waals surface area contributed by atoms with Crippen LogP contribution in [0.2, 0.25) is 0 Å². The van der Waals surface area contributed by atoms with Gasteiger partial charge in [0.15, 0.2) is 5.60 Å². The number of carbonyl (C=O) groups is 1. The maximum Gasteiger partial charge on any atom is 0.417 e. The Hall–Kier alpha value is -1.83. The molecule has 0 heterocycles. The molecule has 0 radical (unpaired) electrons. The lowest BCUT2D eigenvalue weighted by atomic mass is 9.73. The average Bonchev–Trinajstić information content (AvgIpc) is 2.35. The van der Waals surface area contributed by atoms with Crippen LogP contribution in [0, 0.1) is 5.82 Å². The van der Waals surface area contributed by atoms with Crippen LogP contribution in [0.5, 0.6) is 5.75 Å². The fourth-order valence-corrected chi connectivity index (χ4v) is 2.55. The maximum absolute atomic E-state index is 13.5. The van der Waals surface area contributed by atoms with Crippen LogP contribution < -0.4 is 4.74 Å². The number of benzene rings is 1. The Morgan fingerprint density at radius 1 is 1.26 bits per heavy atom. The molecule has 8 heteroatoms. The van der Waals surface area contributed by atoms with Crippen molar-refractivity contribution in [3.8, 4) is 5.75 Å². The number of halogens is 4. The van der Waals surface area contributed by atoms with Gasteiger partial charge in [-0.1, -0.05) is 13.8 Å². The Bertz CT molecular complexity index is 583. The fourth-order valence-electron chi connectivity index (χ4n) is 2.55.